The fourth-order valence-electron chi connectivity index (χ4n) is 0.201. The van der Waals surface area contributed by atoms with Gasteiger partial charge in [0.2, 0.25) is 0 Å². The molecule has 4 N–H and O–H groups in total. The zero-order valence-corrected chi connectivity index (χ0v) is 6.60. The van der Waals surface area contributed by atoms with E-state index in [1.807, 2.05) is 12.5 Å². The average molecular weight is 150 g/mol. The van der Waals surface area contributed by atoms with Crippen LogP contribution in [-0.2, 0) is 0 Å². The van der Waals surface area contributed by atoms with Gasteiger partial charge in [0.25, 0.3) is 0 Å². The maximum absolute atomic E-state index is 5.42. The normalized spacial score (nSPS) is 13.2. The Balaban J connectivity index is 3.83. The molecule has 0 atom stereocenters. The molecule has 0 aliphatic carbocycles. The summed E-state index contributed by atoms with van der Waals surface area (Å²) < 4.78 is 0. The van der Waals surface area contributed by atoms with Gasteiger partial charge in [-0.25, -0.2) is 0 Å². The highest BCUT2D eigenvalue weighted by atomic mass is 32.2. The van der Waals surface area contributed by atoms with Crippen molar-refractivity contribution in [2.45, 2.75) is 0 Å². The molecule has 0 spiro atoms. The molecular weight excluding hydrogens is 140 g/mol. The van der Waals surface area contributed by atoms with Crippen molar-refractivity contribution in [1.29, 1.82) is 0 Å². The summed E-state index contributed by atoms with van der Waals surface area (Å²) in [6, 6.07) is 0. The summed E-state index contributed by atoms with van der Waals surface area (Å²) in [7, 11) is 0. The van der Waals surface area contributed by atoms with E-state index < -0.39 is 0 Å². The Bertz CT molecular complexity index is 88.2. The fourth-order valence-corrected chi connectivity index (χ4v) is 1.10. The maximum atomic E-state index is 5.42. The molecule has 0 saturated carbocycles. The smallest absolute Gasteiger partial charge is 0.0954 e. The minimum absolute atomic E-state index is 0.706. The molecule has 0 aliphatic rings. The standard InChI is InChI=1S/C4H10N2S2/c1-7-3(5)4(6)8-2/h5-6H2,1-2H3/b4-3-. The highest BCUT2D eigenvalue weighted by Crippen LogP contribution is 2.13. The lowest BCUT2D eigenvalue weighted by Gasteiger charge is -1.98. The number of rotatable bonds is 2. The van der Waals surface area contributed by atoms with Crippen molar-refractivity contribution in [1.82, 2.24) is 0 Å². The van der Waals surface area contributed by atoms with Crippen molar-refractivity contribution < 1.29 is 0 Å². The SMILES string of the molecule is CS/C(N)=C(/N)SC. The second-order valence-electron chi connectivity index (χ2n) is 1.14. The maximum Gasteiger partial charge on any atom is 0.0954 e. The zero-order valence-electron chi connectivity index (χ0n) is 4.97. The molecule has 0 unspecified atom stereocenters. The lowest BCUT2D eigenvalue weighted by Crippen LogP contribution is -2.02. The van der Waals surface area contributed by atoms with Gasteiger partial charge in [-0.05, 0) is 12.5 Å². The van der Waals surface area contributed by atoms with E-state index in [1.54, 1.807) is 0 Å². The molecule has 0 bridgehead atoms. The number of nitrogens with two attached hydrogens (primary N) is 2. The number of thioether (sulfide) groups is 2. The van der Waals surface area contributed by atoms with Crippen molar-refractivity contribution in [2.75, 3.05) is 12.5 Å². The minimum Gasteiger partial charge on any atom is -0.391 e. The van der Waals surface area contributed by atoms with E-state index in [-0.39, 0.29) is 0 Å². The van der Waals surface area contributed by atoms with Crippen LogP contribution in [-0.4, -0.2) is 12.5 Å². The van der Waals surface area contributed by atoms with E-state index in [1.165, 1.54) is 23.5 Å². The summed E-state index contributed by atoms with van der Waals surface area (Å²) in [4.78, 5) is 0. The second-order valence-corrected chi connectivity index (χ2v) is 2.83. The highest BCUT2D eigenvalue weighted by molar-refractivity contribution is 8.06. The molecule has 0 heterocycles. The highest BCUT2D eigenvalue weighted by Gasteiger charge is 1.91. The van der Waals surface area contributed by atoms with Gasteiger partial charge in [-0.3, -0.25) is 0 Å². The van der Waals surface area contributed by atoms with Crippen molar-refractivity contribution in [3.05, 3.63) is 10.1 Å². The molecule has 0 aliphatic heterocycles. The Labute approximate surface area is 58.1 Å². The van der Waals surface area contributed by atoms with Crippen molar-refractivity contribution in [3.8, 4) is 0 Å². The Hall–Kier alpha value is 0.0400. The molecule has 2 nitrogen and oxygen atoms in total. The van der Waals surface area contributed by atoms with Crippen LogP contribution in [0.25, 0.3) is 0 Å². The summed E-state index contributed by atoms with van der Waals surface area (Å²) in [5, 5.41) is 1.41. The van der Waals surface area contributed by atoms with Crippen LogP contribution in [0.15, 0.2) is 10.1 Å². The van der Waals surface area contributed by atoms with Gasteiger partial charge >= 0.3 is 0 Å². The molecule has 0 radical (unpaired) electrons. The van der Waals surface area contributed by atoms with Crippen LogP contribution < -0.4 is 11.5 Å². The molecule has 4 heteroatoms. The molecule has 0 saturated heterocycles. The molecule has 0 aromatic heterocycles. The molecule has 0 fully saturated rings. The van der Waals surface area contributed by atoms with E-state index in [4.69, 9.17) is 11.5 Å². The first-order valence-electron chi connectivity index (χ1n) is 2.05. The van der Waals surface area contributed by atoms with Gasteiger partial charge in [0.15, 0.2) is 0 Å². The molecule has 0 rings (SSSR count). The van der Waals surface area contributed by atoms with Crippen LogP contribution in [0.4, 0.5) is 0 Å². The first-order valence-corrected chi connectivity index (χ1v) is 4.50. The van der Waals surface area contributed by atoms with Gasteiger partial charge in [0.05, 0.1) is 10.1 Å². The third-order valence-electron chi connectivity index (χ3n) is 0.683. The van der Waals surface area contributed by atoms with Gasteiger partial charge in [-0.15, -0.1) is 23.5 Å². The number of hydrogen-bond donors (Lipinski definition) is 2. The largest absolute Gasteiger partial charge is 0.391 e. The van der Waals surface area contributed by atoms with E-state index in [0.717, 1.165) is 0 Å². The molecule has 0 aromatic carbocycles. The fraction of sp³-hybridized carbons (Fsp3) is 0.500. The topological polar surface area (TPSA) is 52.0 Å². The van der Waals surface area contributed by atoms with Crippen LogP contribution >= 0.6 is 23.5 Å². The van der Waals surface area contributed by atoms with Gasteiger partial charge in [-0.1, -0.05) is 0 Å². The predicted octanol–water partition coefficient (Wildman–Crippen LogP) is 0.756. The van der Waals surface area contributed by atoms with Crippen molar-refractivity contribution >= 4 is 23.5 Å². The Kier molecular flexibility index (Phi) is 3.99. The lowest BCUT2D eigenvalue weighted by atomic mass is 10.9. The summed E-state index contributed by atoms with van der Waals surface area (Å²) in [5.74, 6) is 0. The first kappa shape index (κ1) is 8.04. The van der Waals surface area contributed by atoms with E-state index in [9.17, 15) is 0 Å². The first-order chi connectivity index (χ1) is 3.72. The molecule has 0 amide bonds. The summed E-state index contributed by atoms with van der Waals surface area (Å²) in [6.45, 7) is 0. The lowest BCUT2D eigenvalue weighted by molar-refractivity contribution is 1.43. The van der Waals surface area contributed by atoms with E-state index in [0.29, 0.717) is 10.1 Å². The Morgan fingerprint density at radius 3 is 1.38 bits per heavy atom. The Morgan fingerprint density at radius 2 is 1.25 bits per heavy atom. The predicted molar refractivity (Wildman–Crippen MR) is 42.4 cm³/mol. The van der Waals surface area contributed by atoms with Gasteiger partial charge in [0.1, 0.15) is 0 Å². The molecule has 48 valence electrons. The van der Waals surface area contributed by atoms with Crippen LogP contribution in [0.2, 0.25) is 0 Å². The monoisotopic (exact) mass is 150 g/mol. The third-order valence-corrected chi connectivity index (χ3v) is 2.13. The number of hydrogen-bond acceptors (Lipinski definition) is 4. The van der Waals surface area contributed by atoms with Gasteiger partial charge in [-0.2, -0.15) is 0 Å². The van der Waals surface area contributed by atoms with Crippen molar-refractivity contribution in [2.24, 2.45) is 11.5 Å². The second kappa shape index (κ2) is 3.97. The van der Waals surface area contributed by atoms with Crippen LogP contribution in [0.1, 0.15) is 0 Å². The summed E-state index contributed by atoms with van der Waals surface area (Å²) >= 11 is 2.94. The van der Waals surface area contributed by atoms with Crippen molar-refractivity contribution in [3.63, 3.8) is 0 Å². The Morgan fingerprint density at radius 1 is 1.00 bits per heavy atom. The van der Waals surface area contributed by atoms with Crippen LogP contribution in [0.5, 0.6) is 0 Å². The average Bonchev–Trinajstić information content (AvgIpc) is 1.84. The molecule has 8 heavy (non-hydrogen) atoms. The molecular formula is C4H10N2S2. The zero-order chi connectivity index (χ0) is 6.57. The van der Waals surface area contributed by atoms with Gasteiger partial charge < -0.3 is 11.5 Å². The molecule has 0 aromatic rings. The summed E-state index contributed by atoms with van der Waals surface area (Å²) in [6.07, 6.45) is 3.80. The van der Waals surface area contributed by atoms with E-state index in [2.05, 4.69) is 0 Å². The van der Waals surface area contributed by atoms with E-state index >= 15 is 0 Å². The quantitative estimate of drug-likeness (QED) is 0.610. The van der Waals surface area contributed by atoms with Gasteiger partial charge in [0, 0.05) is 0 Å². The van der Waals surface area contributed by atoms with Crippen LogP contribution in [0.3, 0.4) is 0 Å². The third kappa shape index (κ3) is 2.37. The summed E-state index contributed by atoms with van der Waals surface area (Å²) in [5.41, 5.74) is 10.8. The van der Waals surface area contributed by atoms with Crippen LogP contribution in [0, 0.1) is 0 Å². The minimum atomic E-state index is 0.706.